The highest BCUT2D eigenvalue weighted by atomic mass is 79.9. The van der Waals surface area contributed by atoms with Crippen molar-refractivity contribution in [1.82, 2.24) is 0 Å². The van der Waals surface area contributed by atoms with E-state index in [2.05, 4.69) is 137 Å². The number of fused-ring (bicyclic) bond motifs is 12. The van der Waals surface area contributed by atoms with Crippen molar-refractivity contribution >= 4 is 146 Å². The molecule has 0 saturated heterocycles. The average molecular weight is 1090 g/mol. The van der Waals surface area contributed by atoms with Crippen molar-refractivity contribution in [2.24, 2.45) is 0 Å². The fourth-order valence-electron chi connectivity index (χ4n) is 10.2. The van der Waals surface area contributed by atoms with Crippen LogP contribution in [0.15, 0.2) is 235 Å². The topological polar surface area (TPSA) is 127 Å². The monoisotopic (exact) mass is 1090 g/mol. The summed E-state index contributed by atoms with van der Waals surface area (Å²) in [5.41, 5.74) is 7.14. The van der Waals surface area contributed by atoms with Crippen molar-refractivity contribution < 1.29 is 19.9 Å². The molecule has 0 atom stereocenters. The number of nitrogens with zero attached hydrogens (tertiary/aromatic N) is 2. The summed E-state index contributed by atoms with van der Waals surface area (Å²) in [6.45, 7) is 0. The second-order valence-electron chi connectivity index (χ2n) is 18.3. The highest BCUT2D eigenvalue weighted by Crippen LogP contribution is 2.44. The Morgan fingerprint density at radius 3 is 1.37 bits per heavy atom. The first-order valence-electron chi connectivity index (χ1n) is 24.3. The van der Waals surface area contributed by atoms with E-state index in [-0.39, 0.29) is 16.3 Å². The smallest absolute Gasteiger partial charge is 0.423 e. The zero-order valence-corrected chi connectivity index (χ0v) is 43.4. The number of halogens is 1. The summed E-state index contributed by atoms with van der Waals surface area (Å²) in [5.74, 6) is 0. The van der Waals surface area contributed by atoms with E-state index in [0.717, 1.165) is 41.9 Å². The molecule has 0 aliphatic heterocycles. The summed E-state index contributed by atoms with van der Waals surface area (Å²) in [5, 5.41) is 54.9. The zero-order valence-electron chi connectivity index (χ0n) is 40.1. The second kappa shape index (κ2) is 20.3. The molecule has 14 aromatic rings. The normalized spacial score (nSPS) is 11.3. The van der Waals surface area contributed by atoms with Gasteiger partial charge in [-0.1, -0.05) is 170 Å². The van der Waals surface area contributed by atoms with Gasteiger partial charge in [-0.25, -0.2) is 0 Å². The van der Waals surface area contributed by atoms with Crippen LogP contribution in [0.5, 0.6) is 0 Å². The Morgan fingerprint density at radius 2 is 0.816 bits per heavy atom. The number of nitro benzene ring substituents is 2. The van der Waals surface area contributed by atoms with Crippen molar-refractivity contribution in [3.05, 3.63) is 255 Å². The molecule has 0 radical (unpaired) electrons. The SMILES string of the molecule is O=[N+]([O-])c1ccc2ccccc2c1-c1ccc2c(c1)sc1ccc3cc(-c4ccccc4)ccc3c12.O=[N+]([O-])c1ccc2ccccc2c1Br.OB(O)c1ccc2c(c1)sc1ccc3cc(-c4ccccc4)ccc3c12. The van der Waals surface area contributed by atoms with E-state index < -0.39 is 12.0 Å². The average Bonchev–Trinajstić information content (AvgIpc) is 4.10. The molecule has 0 saturated carbocycles. The molecule has 0 aliphatic rings. The van der Waals surface area contributed by atoms with E-state index in [0.29, 0.717) is 15.5 Å². The number of thiophene rings is 2. The molecule has 0 bridgehead atoms. The maximum absolute atomic E-state index is 11.9. The van der Waals surface area contributed by atoms with Crippen LogP contribution < -0.4 is 5.46 Å². The molecule has 2 N–H and O–H groups in total. The van der Waals surface area contributed by atoms with Gasteiger partial charge in [0.25, 0.3) is 11.4 Å². The molecule has 12 aromatic carbocycles. The van der Waals surface area contributed by atoms with Crippen LogP contribution in [0.4, 0.5) is 11.4 Å². The van der Waals surface area contributed by atoms with Crippen molar-refractivity contribution in [3.63, 3.8) is 0 Å². The third-order valence-electron chi connectivity index (χ3n) is 13.9. The van der Waals surface area contributed by atoms with Gasteiger partial charge < -0.3 is 10.0 Å². The number of hydrogen-bond donors (Lipinski definition) is 2. The number of benzene rings is 12. The molecule has 2 aromatic heterocycles. The Kier molecular flexibility index (Phi) is 12.9. The van der Waals surface area contributed by atoms with Gasteiger partial charge in [0.2, 0.25) is 0 Å². The van der Waals surface area contributed by atoms with Gasteiger partial charge in [0.1, 0.15) is 4.47 Å². The number of hydrogen-bond acceptors (Lipinski definition) is 8. The molecule has 2 heterocycles. The molecule has 14 rings (SSSR count). The van der Waals surface area contributed by atoms with Gasteiger partial charge in [-0.05, 0) is 135 Å². The second-order valence-corrected chi connectivity index (χ2v) is 21.3. The van der Waals surface area contributed by atoms with Crippen LogP contribution >= 0.6 is 38.6 Å². The molecule has 76 heavy (non-hydrogen) atoms. The lowest BCUT2D eigenvalue weighted by atomic mass is 9.80. The van der Waals surface area contributed by atoms with Gasteiger partial charge in [-0.15, -0.1) is 22.7 Å². The standard InChI is InChI=1S/C32H19NO2S.C22H15BO2S.C10H6BrNO2/c34-33(35)28-16-12-21-8-4-5-9-25(21)31(28)24-11-15-27-30(19-24)36-29-17-13-23-18-22(10-14-26(23)32(27)29)20-6-2-1-3-7-20;24-23(25)17-8-10-19-21(13-17)26-20-11-7-16-12-15(6-9-18(16)22(19)20)14-4-2-1-3-5-14;11-10-8-4-2-1-3-7(8)5-6-9(10)12(13)14/h1-19H;1-13,24-25H;1-6H. The molecule has 0 spiro atoms. The molecular formula is C64H40BBrN2O6S2. The first-order chi connectivity index (χ1) is 37.1. The van der Waals surface area contributed by atoms with E-state index in [1.807, 2.05) is 84.9 Å². The predicted octanol–water partition coefficient (Wildman–Crippen LogP) is 17.7. The molecule has 0 fully saturated rings. The van der Waals surface area contributed by atoms with E-state index >= 15 is 0 Å². The van der Waals surface area contributed by atoms with Crippen LogP contribution in [0.25, 0.3) is 117 Å². The van der Waals surface area contributed by atoms with Crippen LogP contribution in [-0.4, -0.2) is 27.0 Å². The lowest BCUT2D eigenvalue weighted by molar-refractivity contribution is -0.385. The van der Waals surface area contributed by atoms with E-state index in [1.54, 1.807) is 40.9 Å². The minimum atomic E-state index is -1.44. The maximum atomic E-state index is 11.9. The third-order valence-corrected chi connectivity index (χ3v) is 16.9. The summed E-state index contributed by atoms with van der Waals surface area (Å²) >= 11 is 6.66. The Labute approximate surface area is 451 Å². The van der Waals surface area contributed by atoms with Gasteiger partial charge in [0.05, 0.1) is 15.4 Å². The van der Waals surface area contributed by atoms with Crippen LogP contribution in [0.2, 0.25) is 0 Å². The Morgan fingerprint density at radius 1 is 0.368 bits per heavy atom. The number of rotatable bonds is 6. The van der Waals surface area contributed by atoms with Crippen LogP contribution in [0.1, 0.15) is 0 Å². The van der Waals surface area contributed by atoms with Crippen molar-refractivity contribution in [2.45, 2.75) is 0 Å². The molecule has 12 heteroatoms. The molecular weight excluding hydrogens is 1050 g/mol. The first kappa shape index (κ1) is 48.3. The van der Waals surface area contributed by atoms with Gasteiger partial charge in [0.15, 0.2) is 0 Å². The van der Waals surface area contributed by atoms with Crippen molar-refractivity contribution in [3.8, 4) is 33.4 Å². The third kappa shape index (κ3) is 9.02. The molecule has 8 nitrogen and oxygen atoms in total. The predicted molar refractivity (Wildman–Crippen MR) is 322 cm³/mol. The fourth-order valence-corrected chi connectivity index (χ4v) is 13.2. The molecule has 0 unspecified atom stereocenters. The van der Waals surface area contributed by atoms with Gasteiger partial charge in [-0.2, -0.15) is 0 Å². The summed E-state index contributed by atoms with van der Waals surface area (Å²) in [7, 11) is -1.44. The van der Waals surface area contributed by atoms with E-state index in [9.17, 15) is 30.3 Å². The van der Waals surface area contributed by atoms with Gasteiger partial charge >= 0.3 is 7.12 Å². The van der Waals surface area contributed by atoms with Crippen molar-refractivity contribution in [2.75, 3.05) is 0 Å². The minimum absolute atomic E-state index is 0.101. The van der Waals surface area contributed by atoms with E-state index in [4.69, 9.17) is 0 Å². The van der Waals surface area contributed by atoms with Crippen LogP contribution in [-0.2, 0) is 0 Å². The van der Waals surface area contributed by atoms with E-state index in [1.165, 1.54) is 75.4 Å². The summed E-state index contributed by atoms with van der Waals surface area (Å²) in [4.78, 5) is 21.9. The van der Waals surface area contributed by atoms with Crippen LogP contribution in [0.3, 0.4) is 0 Å². The fraction of sp³-hybridized carbons (Fsp3) is 0. The van der Waals surface area contributed by atoms with Crippen LogP contribution in [0, 0.1) is 20.2 Å². The summed E-state index contributed by atoms with van der Waals surface area (Å²) in [6.07, 6.45) is 0. The Bertz CT molecular complexity index is 4600. The lowest BCUT2D eigenvalue weighted by Gasteiger charge is -2.09. The Hall–Kier alpha value is -8.62. The van der Waals surface area contributed by atoms with Gasteiger partial charge in [-0.3, -0.25) is 20.2 Å². The quantitative estimate of drug-likeness (QED) is 0.0970. The minimum Gasteiger partial charge on any atom is -0.423 e. The highest BCUT2D eigenvalue weighted by molar-refractivity contribution is 9.10. The Balaban J connectivity index is 0.000000127. The molecule has 0 aliphatic carbocycles. The molecule has 364 valence electrons. The van der Waals surface area contributed by atoms with Crippen molar-refractivity contribution in [1.29, 1.82) is 0 Å². The lowest BCUT2D eigenvalue weighted by Crippen LogP contribution is -2.29. The summed E-state index contributed by atoms with van der Waals surface area (Å²) < 4.78 is 5.18. The number of nitro groups is 2. The highest BCUT2D eigenvalue weighted by Gasteiger charge is 2.21. The largest absolute Gasteiger partial charge is 0.488 e. The first-order valence-corrected chi connectivity index (χ1v) is 26.7. The summed E-state index contributed by atoms with van der Waals surface area (Å²) in [6, 6.07) is 76.8. The zero-order chi connectivity index (χ0) is 52.0. The molecule has 0 amide bonds. The van der Waals surface area contributed by atoms with Gasteiger partial charge in [0, 0.05) is 57.9 Å². The maximum Gasteiger partial charge on any atom is 0.488 e.